The van der Waals surface area contributed by atoms with Crippen LogP contribution in [0.4, 0.5) is 11.5 Å². The van der Waals surface area contributed by atoms with Gasteiger partial charge in [-0.25, -0.2) is 9.97 Å². The Morgan fingerprint density at radius 3 is 2.60 bits per heavy atom. The third-order valence-corrected chi connectivity index (χ3v) is 4.01. The van der Waals surface area contributed by atoms with E-state index >= 15 is 0 Å². The molecule has 0 aliphatic carbocycles. The number of aromatic nitrogens is 2. The summed E-state index contributed by atoms with van der Waals surface area (Å²) in [6.07, 6.45) is 1.66. The standard InChI is InChI=1S/C20H17N3O2/c1-13-5-3-4-6-16(13)18-11-17-20(25-18)21-12-19(23-17)22-14-7-9-15(24-2)10-8-14/h3-12H,1-2H3,(H,22,23). The summed E-state index contributed by atoms with van der Waals surface area (Å²) < 4.78 is 11.0. The highest BCUT2D eigenvalue weighted by Gasteiger charge is 2.11. The lowest BCUT2D eigenvalue weighted by Crippen LogP contribution is -1.94. The number of hydrogen-bond acceptors (Lipinski definition) is 5. The predicted octanol–water partition coefficient (Wildman–Crippen LogP) is 4.95. The minimum absolute atomic E-state index is 0.526. The highest BCUT2D eigenvalue weighted by molar-refractivity contribution is 5.78. The molecule has 2 aromatic carbocycles. The van der Waals surface area contributed by atoms with Crippen LogP contribution in [0, 0.1) is 6.92 Å². The van der Waals surface area contributed by atoms with E-state index < -0.39 is 0 Å². The molecule has 0 spiro atoms. The summed E-state index contributed by atoms with van der Waals surface area (Å²) in [5.41, 5.74) is 4.36. The molecule has 2 aromatic heterocycles. The summed E-state index contributed by atoms with van der Waals surface area (Å²) in [5.74, 6) is 2.24. The van der Waals surface area contributed by atoms with Crippen LogP contribution in [0.3, 0.4) is 0 Å². The summed E-state index contributed by atoms with van der Waals surface area (Å²) in [6.45, 7) is 2.06. The third-order valence-electron chi connectivity index (χ3n) is 4.01. The lowest BCUT2D eigenvalue weighted by Gasteiger charge is -2.05. The van der Waals surface area contributed by atoms with Crippen LogP contribution in [0.2, 0.25) is 0 Å². The van der Waals surface area contributed by atoms with Crippen molar-refractivity contribution in [3.8, 4) is 17.1 Å². The maximum absolute atomic E-state index is 5.85. The van der Waals surface area contributed by atoms with Gasteiger partial charge in [0.25, 0.3) is 0 Å². The van der Waals surface area contributed by atoms with Crippen LogP contribution < -0.4 is 10.1 Å². The Morgan fingerprint density at radius 2 is 1.84 bits per heavy atom. The Bertz CT molecular complexity index is 1020. The molecule has 4 rings (SSSR count). The van der Waals surface area contributed by atoms with Crippen molar-refractivity contribution in [2.45, 2.75) is 6.92 Å². The SMILES string of the molecule is COc1ccc(Nc2cnc3oc(-c4ccccc4C)cc3n2)cc1. The molecule has 0 radical (unpaired) electrons. The van der Waals surface area contributed by atoms with E-state index in [2.05, 4.69) is 28.3 Å². The first-order valence-corrected chi connectivity index (χ1v) is 7.96. The minimum Gasteiger partial charge on any atom is -0.497 e. The quantitative estimate of drug-likeness (QED) is 0.573. The number of furan rings is 1. The molecule has 5 nitrogen and oxygen atoms in total. The van der Waals surface area contributed by atoms with Crippen molar-refractivity contribution in [1.29, 1.82) is 0 Å². The van der Waals surface area contributed by atoms with E-state index in [1.165, 1.54) is 0 Å². The Kier molecular flexibility index (Phi) is 3.82. The van der Waals surface area contributed by atoms with Crippen molar-refractivity contribution in [2.75, 3.05) is 12.4 Å². The third kappa shape index (κ3) is 3.04. The number of ether oxygens (including phenoxy) is 1. The Labute approximate surface area is 145 Å². The number of nitrogens with zero attached hydrogens (tertiary/aromatic N) is 2. The van der Waals surface area contributed by atoms with Gasteiger partial charge in [-0.15, -0.1) is 0 Å². The lowest BCUT2D eigenvalue weighted by molar-refractivity contribution is 0.415. The van der Waals surface area contributed by atoms with E-state index in [9.17, 15) is 0 Å². The van der Waals surface area contributed by atoms with Gasteiger partial charge in [0.2, 0.25) is 5.71 Å². The first-order valence-electron chi connectivity index (χ1n) is 7.96. The summed E-state index contributed by atoms with van der Waals surface area (Å²) in [5, 5.41) is 3.24. The molecule has 0 aliphatic rings. The van der Waals surface area contributed by atoms with E-state index in [0.29, 0.717) is 11.5 Å². The van der Waals surface area contributed by atoms with Crippen LogP contribution in [0.1, 0.15) is 5.56 Å². The molecule has 0 fully saturated rings. The fourth-order valence-corrected chi connectivity index (χ4v) is 2.69. The van der Waals surface area contributed by atoms with Crippen LogP contribution in [0.25, 0.3) is 22.6 Å². The highest BCUT2D eigenvalue weighted by Crippen LogP contribution is 2.29. The van der Waals surface area contributed by atoms with Gasteiger partial charge >= 0.3 is 0 Å². The molecule has 5 heteroatoms. The molecule has 0 bridgehead atoms. The summed E-state index contributed by atoms with van der Waals surface area (Å²) in [7, 11) is 1.65. The average Bonchev–Trinajstić information content (AvgIpc) is 3.06. The zero-order valence-electron chi connectivity index (χ0n) is 14.0. The smallest absolute Gasteiger partial charge is 0.245 e. The van der Waals surface area contributed by atoms with Gasteiger partial charge in [0.1, 0.15) is 22.8 Å². The van der Waals surface area contributed by atoms with Gasteiger partial charge in [-0.1, -0.05) is 24.3 Å². The van der Waals surface area contributed by atoms with Gasteiger partial charge in [0, 0.05) is 17.3 Å². The van der Waals surface area contributed by atoms with Crippen LogP contribution in [0.15, 0.2) is 65.2 Å². The number of hydrogen-bond donors (Lipinski definition) is 1. The molecule has 0 saturated heterocycles. The van der Waals surface area contributed by atoms with Crippen LogP contribution in [0.5, 0.6) is 5.75 Å². The van der Waals surface area contributed by atoms with Gasteiger partial charge in [-0.2, -0.15) is 0 Å². The molecule has 0 unspecified atom stereocenters. The molecule has 0 aliphatic heterocycles. The maximum atomic E-state index is 5.85. The number of fused-ring (bicyclic) bond motifs is 1. The monoisotopic (exact) mass is 331 g/mol. The molecule has 124 valence electrons. The van der Waals surface area contributed by atoms with Crippen molar-refractivity contribution in [2.24, 2.45) is 0 Å². The Hall–Kier alpha value is -3.34. The number of nitrogens with one attached hydrogen (secondary N) is 1. The fraction of sp³-hybridized carbons (Fsp3) is 0.100. The summed E-state index contributed by atoms with van der Waals surface area (Å²) in [4.78, 5) is 8.96. The Balaban J connectivity index is 1.65. The van der Waals surface area contributed by atoms with Crippen molar-refractivity contribution in [3.63, 3.8) is 0 Å². The van der Waals surface area contributed by atoms with Gasteiger partial charge in [-0.3, -0.25) is 0 Å². The predicted molar refractivity (Wildman–Crippen MR) is 98.3 cm³/mol. The number of benzene rings is 2. The van der Waals surface area contributed by atoms with E-state index in [1.807, 2.05) is 48.5 Å². The van der Waals surface area contributed by atoms with Crippen molar-refractivity contribution < 1.29 is 9.15 Å². The topological polar surface area (TPSA) is 60.2 Å². The molecular weight excluding hydrogens is 314 g/mol. The minimum atomic E-state index is 0.526. The number of aryl methyl sites for hydroxylation is 1. The summed E-state index contributed by atoms with van der Waals surface area (Å²) in [6, 6.07) is 17.7. The first kappa shape index (κ1) is 15.2. The van der Waals surface area contributed by atoms with Crippen molar-refractivity contribution in [1.82, 2.24) is 9.97 Å². The van der Waals surface area contributed by atoms with Crippen LogP contribution in [-0.2, 0) is 0 Å². The molecule has 0 saturated carbocycles. The second-order valence-corrected chi connectivity index (χ2v) is 5.72. The van der Waals surface area contributed by atoms with Crippen molar-refractivity contribution in [3.05, 3.63) is 66.4 Å². The lowest BCUT2D eigenvalue weighted by atomic mass is 10.1. The molecule has 25 heavy (non-hydrogen) atoms. The van der Waals surface area contributed by atoms with E-state index in [0.717, 1.165) is 33.8 Å². The largest absolute Gasteiger partial charge is 0.497 e. The van der Waals surface area contributed by atoms with Gasteiger partial charge in [0.15, 0.2) is 0 Å². The number of anilines is 2. The fourth-order valence-electron chi connectivity index (χ4n) is 2.69. The summed E-state index contributed by atoms with van der Waals surface area (Å²) >= 11 is 0. The van der Waals surface area contributed by atoms with Gasteiger partial charge in [0.05, 0.1) is 13.3 Å². The molecule has 1 N–H and O–H groups in total. The molecule has 2 heterocycles. The highest BCUT2D eigenvalue weighted by atomic mass is 16.5. The van der Waals surface area contributed by atoms with E-state index in [1.54, 1.807) is 13.3 Å². The van der Waals surface area contributed by atoms with Crippen LogP contribution in [-0.4, -0.2) is 17.1 Å². The molecular formula is C20H17N3O2. The molecule has 4 aromatic rings. The second-order valence-electron chi connectivity index (χ2n) is 5.72. The van der Waals surface area contributed by atoms with Gasteiger partial charge < -0.3 is 14.5 Å². The average molecular weight is 331 g/mol. The first-order chi connectivity index (χ1) is 12.2. The van der Waals surface area contributed by atoms with E-state index in [4.69, 9.17) is 9.15 Å². The molecule has 0 amide bonds. The normalized spacial score (nSPS) is 10.8. The zero-order chi connectivity index (χ0) is 17.2. The number of rotatable bonds is 4. The van der Waals surface area contributed by atoms with Gasteiger partial charge in [-0.05, 0) is 36.8 Å². The maximum Gasteiger partial charge on any atom is 0.245 e. The van der Waals surface area contributed by atoms with E-state index in [-0.39, 0.29) is 0 Å². The molecule has 0 atom stereocenters. The van der Waals surface area contributed by atoms with Crippen LogP contribution >= 0.6 is 0 Å². The van der Waals surface area contributed by atoms with Crippen molar-refractivity contribution >= 4 is 22.7 Å². The Morgan fingerprint density at radius 1 is 1.04 bits per heavy atom. The zero-order valence-corrected chi connectivity index (χ0v) is 14.0. The number of methoxy groups -OCH3 is 1. The second kappa shape index (κ2) is 6.28.